The van der Waals surface area contributed by atoms with E-state index in [1.165, 1.54) is 4.68 Å². The summed E-state index contributed by atoms with van der Waals surface area (Å²) >= 11 is 6.67. The monoisotopic (exact) mass is 518 g/mol. The first kappa shape index (κ1) is 23.8. The minimum absolute atomic E-state index is 0.172. The SMILES string of the molecule is Cc1c(Nc2cc3cc(N4CCN([C@@]5(C)COC[C@H]5O)CC4)c(Cl)cc3cn2)cnn1C1CC1(F)F. The van der Waals surface area contributed by atoms with Crippen molar-refractivity contribution >= 4 is 39.6 Å². The predicted octanol–water partition coefficient (Wildman–Crippen LogP) is 3.99. The Hall–Kier alpha value is -2.53. The van der Waals surface area contributed by atoms with Crippen LogP contribution in [-0.4, -0.2) is 81.7 Å². The fourth-order valence-corrected chi connectivity index (χ4v) is 5.63. The summed E-state index contributed by atoms with van der Waals surface area (Å²) in [7, 11) is 0. The zero-order valence-electron chi connectivity index (χ0n) is 20.2. The van der Waals surface area contributed by atoms with E-state index in [4.69, 9.17) is 16.3 Å². The van der Waals surface area contributed by atoms with Gasteiger partial charge >= 0.3 is 0 Å². The van der Waals surface area contributed by atoms with Crippen molar-refractivity contribution in [3.8, 4) is 0 Å². The average molecular weight is 519 g/mol. The second-order valence-electron chi connectivity index (χ2n) is 10.3. The van der Waals surface area contributed by atoms with Crippen LogP contribution in [0.4, 0.5) is 26.0 Å². The lowest BCUT2D eigenvalue weighted by Gasteiger charge is -2.45. The fraction of sp³-hybridized carbons (Fsp3) is 0.520. The van der Waals surface area contributed by atoms with Crippen LogP contribution >= 0.6 is 11.6 Å². The van der Waals surface area contributed by atoms with Crippen molar-refractivity contribution in [2.24, 2.45) is 0 Å². The Balaban J connectivity index is 1.20. The smallest absolute Gasteiger partial charge is 0.272 e. The number of benzene rings is 1. The minimum atomic E-state index is -2.68. The molecule has 0 bridgehead atoms. The number of halogens is 3. The molecule has 1 unspecified atom stereocenters. The number of aliphatic hydroxyl groups excluding tert-OH is 1. The molecule has 2 N–H and O–H groups in total. The summed E-state index contributed by atoms with van der Waals surface area (Å²) in [6.45, 7) is 7.93. The molecule has 0 spiro atoms. The number of aliphatic hydroxyl groups is 1. The number of aromatic nitrogens is 3. The second-order valence-corrected chi connectivity index (χ2v) is 10.7. The van der Waals surface area contributed by atoms with E-state index >= 15 is 0 Å². The molecule has 36 heavy (non-hydrogen) atoms. The van der Waals surface area contributed by atoms with Gasteiger partial charge < -0.3 is 20.1 Å². The summed E-state index contributed by atoms with van der Waals surface area (Å²) in [5.41, 5.74) is 1.91. The number of fused-ring (bicyclic) bond motifs is 1. The van der Waals surface area contributed by atoms with E-state index in [-0.39, 0.29) is 12.0 Å². The molecular formula is C25H29ClF2N6O2. The van der Waals surface area contributed by atoms with Gasteiger partial charge in [0.2, 0.25) is 0 Å². The molecule has 1 aromatic carbocycles. The number of hydrogen-bond acceptors (Lipinski definition) is 7. The molecule has 3 aliphatic rings. The number of pyridine rings is 1. The molecule has 4 heterocycles. The van der Waals surface area contributed by atoms with Gasteiger partial charge in [0, 0.05) is 44.2 Å². The highest BCUT2D eigenvalue weighted by molar-refractivity contribution is 6.34. The number of ether oxygens (including phenoxy) is 1. The summed E-state index contributed by atoms with van der Waals surface area (Å²) in [6, 6.07) is 5.05. The Morgan fingerprint density at radius 2 is 1.89 bits per heavy atom. The van der Waals surface area contributed by atoms with Crippen LogP contribution in [0.1, 0.15) is 25.1 Å². The number of alkyl halides is 2. The molecule has 1 saturated carbocycles. The van der Waals surface area contributed by atoms with Crippen molar-refractivity contribution in [3.63, 3.8) is 0 Å². The number of rotatable bonds is 5. The Morgan fingerprint density at radius 1 is 1.14 bits per heavy atom. The molecule has 192 valence electrons. The lowest BCUT2D eigenvalue weighted by Crippen LogP contribution is -2.60. The zero-order valence-corrected chi connectivity index (χ0v) is 21.0. The largest absolute Gasteiger partial charge is 0.389 e. The van der Waals surface area contributed by atoms with Crippen molar-refractivity contribution in [2.75, 3.05) is 49.6 Å². The molecule has 3 atom stereocenters. The Labute approximate surface area is 212 Å². The van der Waals surface area contributed by atoms with Crippen LogP contribution in [0.15, 0.2) is 30.6 Å². The molecule has 8 nitrogen and oxygen atoms in total. The van der Waals surface area contributed by atoms with Gasteiger partial charge in [0.1, 0.15) is 11.9 Å². The fourth-order valence-electron chi connectivity index (χ4n) is 5.34. The highest BCUT2D eigenvalue weighted by atomic mass is 35.5. The molecule has 3 aromatic rings. The number of piperazine rings is 1. The van der Waals surface area contributed by atoms with Gasteiger partial charge in [-0.1, -0.05) is 11.6 Å². The maximum absolute atomic E-state index is 13.5. The maximum atomic E-state index is 13.5. The lowest BCUT2D eigenvalue weighted by atomic mass is 9.95. The molecule has 0 radical (unpaired) electrons. The number of anilines is 3. The third-order valence-corrected chi connectivity index (χ3v) is 8.22. The summed E-state index contributed by atoms with van der Waals surface area (Å²) in [4.78, 5) is 9.06. The Morgan fingerprint density at radius 3 is 2.56 bits per heavy atom. The van der Waals surface area contributed by atoms with E-state index in [2.05, 4.69) is 38.2 Å². The summed E-state index contributed by atoms with van der Waals surface area (Å²) in [5.74, 6) is -2.08. The van der Waals surface area contributed by atoms with Gasteiger partial charge in [0.15, 0.2) is 0 Å². The van der Waals surface area contributed by atoms with E-state index in [0.29, 0.717) is 35.4 Å². The topological polar surface area (TPSA) is 78.7 Å². The molecule has 2 aromatic heterocycles. The standard InChI is InChI=1S/C25H29ClF2N6O2/c1-15-19(12-30-34(15)21-10-25(21,27)28)31-23-9-16-8-20(18(26)7-17(16)11-29-23)32-3-5-33(6-4-32)24(2)14-36-13-22(24)35/h7-9,11-12,21-22,35H,3-6,10,13-14H2,1-2H3,(H,29,31)/t21?,22-,24+/m1/s1. The average Bonchev–Trinajstić information content (AvgIpc) is 3.13. The molecule has 0 amide bonds. The quantitative estimate of drug-likeness (QED) is 0.529. The van der Waals surface area contributed by atoms with Gasteiger partial charge in [0.25, 0.3) is 5.92 Å². The number of nitrogens with zero attached hydrogens (tertiary/aromatic N) is 5. The summed E-state index contributed by atoms with van der Waals surface area (Å²) in [6.07, 6.45) is 2.66. The van der Waals surface area contributed by atoms with Crippen LogP contribution in [0, 0.1) is 6.92 Å². The number of nitrogens with one attached hydrogen (secondary N) is 1. The summed E-state index contributed by atoms with van der Waals surface area (Å²) in [5, 5.41) is 20.3. The highest BCUT2D eigenvalue weighted by Crippen LogP contribution is 2.53. The normalized spacial score (nSPS) is 28.1. The Kier molecular flexibility index (Phi) is 5.64. The van der Waals surface area contributed by atoms with Gasteiger partial charge in [-0.15, -0.1) is 0 Å². The molecule has 3 fully saturated rings. The molecule has 6 rings (SSSR count). The summed E-state index contributed by atoms with van der Waals surface area (Å²) < 4.78 is 33.9. The molecule has 2 saturated heterocycles. The van der Waals surface area contributed by atoms with Crippen molar-refractivity contribution in [1.82, 2.24) is 19.7 Å². The van der Waals surface area contributed by atoms with E-state index in [9.17, 15) is 13.9 Å². The van der Waals surface area contributed by atoms with Gasteiger partial charge in [-0.2, -0.15) is 5.10 Å². The van der Waals surface area contributed by atoms with Crippen LogP contribution in [0.3, 0.4) is 0 Å². The van der Waals surface area contributed by atoms with E-state index in [0.717, 1.165) is 42.6 Å². The highest BCUT2D eigenvalue weighted by Gasteiger charge is 2.59. The second kappa shape index (κ2) is 8.51. The number of hydrogen-bond donors (Lipinski definition) is 2. The van der Waals surface area contributed by atoms with E-state index in [1.54, 1.807) is 19.3 Å². The van der Waals surface area contributed by atoms with Gasteiger partial charge in [-0.3, -0.25) is 9.58 Å². The third-order valence-electron chi connectivity index (χ3n) is 7.91. The first-order valence-electron chi connectivity index (χ1n) is 12.2. The van der Waals surface area contributed by atoms with Crippen molar-refractivity contribution < 1.29 is 18.6 Å². The van der Waals surface area contributed by atoms with Crippen molar-refractivity contribution in [3.05, 3.63) is 41.3 Å². The third kappa shape index (κ3) is 4.00. The van der Waals surface area contributed by atoms with Crippen molar-refractivity contribution in [2.45, 2.75) is 43.9 Å². The minimum Gasteiger partial charge on any atom is -0.389 e. The van der Waals surface area contributed by atoms with Gasteiger partial charge in [-0.25, -0.2) is 13.8 Å². The first-order chi connectivity index (χ1) is 17.2. The lowest BCUT2D eigenvalue weighted by molar-refractivity contribution is 0.00884. The van der Waals surface area contributed by atoms with Crippen LogP contribution < -0.4 is 10.2 Å². The predicted molar refractivity (Wildman–Crippen MR) is 135 cm³/mol. The molecule has 2 aliphatic heterocycles. The van der Waals surface area contributed by atoms with Crippen LogP contribution in [-0.2, 0) is 4.74 Å². The molecular weight excluding hydrogens is 490 g/mol. The molecule has 11 heteroatoms. The van der Waals surface area contributed by atoms with Crippen molar-refractivity contribution in [1.29, 1.82) is 0 Å². The van der Waals surface area contributed by atoms with Gasteiger partial charge in [-0.05, 0) is 37.4 Å². The van der Waals surface area contributed by atoms with E-state index < -0.39 is 18.1 Å². The van der Waals surface area contributed by atoms with Crippen LogP contribution in [0.2, 0.25) is 5.02 Å². The van der Waals surface area contributed by atoms with Crippen LogP contribution in [0.5, 0.6) is 0 Å². The molecule has 1 aliphatic carbocycles. The van der Waals surface area contributed by atoms with Gasteiger partial charge in [0.05, 0.1) is 53.1 Å². The van der Waals surface area contributed by atoms with E-state index in [1.807, 2.05) is 12.1 Å². The zero-order chi connectivity index (χ0) is 25.2. The van der Waals surface area contributed by atoms with Crippen LogP contribution in [0.25, 0.3) is 10.8 Å². The first-order valence-corrected chi connectivity index (χ1v) is 12.6. The maximum Gasteiger partial charge on any atom is 0.272 e. The Bertz CT molecular complexity index is 1310.